The highest BCUT2D eigenvalue weighted by atomic mass is 16.5. The van der Waals surface area contributed by atoms with Crippen LogP contribution in [0.25, 0.3) is 22.3 Å². The van der Waals surface area contributed by atoms with Crippen LogP contribution in [0.3, 0.4) is 0 Å². The molecule has 5 heteroatoms. The lowest BCUT2D eigenvalue weighted by Gasteiger charge is -2.29. The average molecular weight is 453 g/mol. The molecule has 1 fully saturated rings. The minimum Gasteiger partial charge on any atom is -0.488 e. The van der Waals surface area contributed by atoms with E-state index in [4.69, 9.17) is 4.74 Å². The van der Waals surface area contributed by atoms with Gasteiger partial charge in [-0.05, 0) is 59.4 Å². The minimum atomic E-state index is -0.460. The minimum absolute atomic E-state index is 0.0926. The summed E-state index contributed by atoms with van der Waals surface area (Å²) in [7, 11) is 0. The third-order valence-corrected chi connectivity index (χ3v) is 6.56. The van der Waals surface area contributed by atoms with Crippen LogP contribution in [0.15, 0.2) is 96.2 Å². The molecule has 0 saturated heterocycles. The van der Waals surface area contributed by atoms with E-state index in [0.717, 1.165) is 59.3 Å². The normalized spacial score (nSPS) is 17.9. The van der Waals surface area contributed by atoms with Crippen LogP contribution in [-0.4, -0.2) is 20.8 Å². The second-order valence-electron chi connectivity index (χ2n) is 8.80. The van der Waals surface area contributed by atoms with Crippen LogP contribution in [-0.2, 0) is 6.61 Å². The van der Waals surface area contributed by atoms with E-state index in [1.165, 1.54) is 0 Å². The Morgan fingerprint density at radius 3 is 2.38 bits per heavy atom. The van der Waals surface area contributed by atoms with Gasteiger partial charge in [0.2, 0.25) is 0 Å². The molecule has 2 aromatic carbocycles. The Bertz CT molecular complexity index is 1300. The molecule has 0 bridgehead atoms. The topological polar surface area (TPSA) is 64.3 Å². The standard InChI is InChI=1S/C29H28N2O3/c32-27-7-3-2-6-26(27)31-18-15-24(19-29(31)33)25-5-1-4-8-28(25)34-20-21-9-11-22(12-10-21)23-13-16-30-17-14-23/h1,4-5,8-19,26-27,32H,2-3,6-7,20H2/t26-,27-/m0/s1. The molecular weight excluding hydrogens is 424 g/mol. The van der Waals surface area contributed by atoms with E-state index in [-0.39, 0.29) is 11.6 Å². The number of hydrogen-bond acceptors (Lipinski definition) is 4. The summed E-state index contributed by atoms with van der Waals surface area (Å²) in [4.78, 5) is 17.0. The van der Waals surface area contributed by atoms with Crippen molar-refractivity contribution in [2.45, 2.75) is 44.4 Å². The van der Waals surface area contributed by atoms with Crippen molar-refractivity contribution in [3.63, 3.8) is 0 Å². The molecule has 1 N–H and O–H groups in total. The molecule has 1 aliphatic carbocycles. The van der Waals surface area contributed by atoms with Crippen molar-refractivity contribution < 1.29 is 9.84 Å². The first-order valence-electron chi connectivity index (χ1n) is 11.8. The summed E-state index contributed by atoms with van der Waals surface area (Å²) in [6.07, 6.45) is 8.57. The third-order valence-electron chi connectivity index (χ3n) is 6.56. The second-order valence-corrected chi connectivity index (χ2v) is 8.80. The van der Waals surface area contributed by atoms with Crippen molar-refractivity contribution >= 4 is 0 Å². The monoisotopic (exact) mass is 452 g/mol. The number of ether oxygens (including phenoxy) is 1. The van der Waals surface area contributed by atoms with Gasteiger partial charge in [0, 0.05) is 30.2 Å². The zero-order chi connectivity index (χ0) is 23.3. The number of aromatic nitrogens is 2. The second kappa shape index (κ2) is 10.1. The van der Waals surface area contributed by atoms with E-state index >= 15 is 0 Å². The third kappa shape index (κ3) is 4.80. The fourth-order valence-electron chi connectivity index (χ4n) is 4.68. The quantitative estimate of drug-likeness (QED) is 0.412. The number of aliphatic hydroxyl groups excluding tert-OH is 1. The summed E-state index contributed by atoms with van der Waals surface area (Å²) in [6.45, 7) is 0.430. The first-order chi connectivity index (χ1) is 16.7. The van der Waals surface area contributed by atoms with Crippen LogP contribution >= 0.6 is 0 Å². The predicted octanol–water partition coefficient (Wildman–Crippen LogP) is 5.63. The number of aliphatic hydroxyl groups is 1. The van der Waals surface area contributed by atoms with Gasteiger partial charge in [-0.3, -0.25) is 9.78 Å². The molecule has 5 nitrogen and oxygen atoms in total. The summed E-state index contributed by atoms with van der Waals surface area (Å²) in [5.41, 5.74) is 4.93. The van der Waals surface area contributed by atoms with E-state index in [2.05, 4.69) is 29.2 Å². The smallest absolute Gasteiger partial charge is 0.251 e. The van der Waals surface area contributed by atoms with Crippen molar-refractivity contribution in [1.29, 1.82) is 0 Å². The number of pyridine rings is 2. The molecule has 34 heavy (non-hydrogen) atoms. The van der Waals surface area contributed by atoms with E-state index in [1.54, 1.807) is 23.0 Å². The van der Waals surface area contributed by atoms with Crippen molar-refractivity contribution in [3.8, 4) is 28.0 Å². The number of benzene rings is 2. The number of rotatable bonds is 6. The molecule has 2 aromatic heterocycles. The SMILES string of the molecule is O=c1cc(-c2ccccc2OCc2ccc(-c3ccncc3)cc2)ccn1[C@H]1CCCC[C@@H]1O. The highest BCUT2D eigenvalue weighted by Gasteiger charge is 2.25. The summed E-state index contributed by atoms with van der Waals surface area (Å²) in [5.74, 6) is 0.732. The summed E-state index contributed by atoms with van der Waals surface area (Å²) in [5, 5.41) is 10.4. The predicted molar refractivity (Wildman–Crippen MR) is 134 cm³/mol. The molecule has 2 atom stereocenters. The first-order valence-corrected chi connectivity index (χ1v) is 11.8. The molecule has 0 unspecified atom stereocenters. The van der Waals surface area contributed by atoms with Crippen molar-refractivity contribution in [2.24, 2.45) is 0 Å². The van der Waals surface area contributed by atoms with E-state index in [0.29, 0.717) is 6.61 Å². The van der Waals surface area contributed by atoms with Gasteiger partial charge >= 0.3 is 0 Å². The summed E-state index contributed by atoms with van der Waals surface area (Å²) >= 11 is 0. The fourth-order valence-corrected chi connectivity index (χ4v) is 4.68. The lowest BCUT2D eigenvalue weighted by molar-refractivity contribution is 0.0738. The Labute approximate surface area is 199 Å². The van der Waals surface area contributed by atoms with Gasteiger partial charge in [-0.15, -0.1) is 0 Å². The lowest BCUT2D eigenvalue weighted by atomic mass is 9.92. The molecular formula is C29H28N2O3. The Hall–Kier alpha value is -3.70. The van der Waals surface area contributed by atoms with Crippen LogP contribution in [0.1, 0.15) is 37.3 Å². The number of para-hydroxylation sites is 1. The van der Waals surface area contributed by atoms with Crippen molar-refractivity contribution in [1.82, 2.24) is 9.55 Å². The first kappa shape index (κ1) is 22.1. The lowest BCUT2D eigenvalue weighted by Crippen LogP contribution is -2.34. The van der Waals surface area contributed by atoms with Crippen LogP contribution in [0.5, 0.6) is 5.75 Å². The van der Waals surface area contributed by atoms with Crippen LogP contribution in [0.4, 0.5) is 0 Å². The number of nitrogens with zero attached hydrogens (tertiary/aromatic N) is 2. The Morgan fingerprint density at radius 1 is 0.882 bits per heavy atom. The average Bonchev–Trinajstić information content (AvgIpc) is 2.89. The van der Waals surface area contributed by atoms with Gasteiger partial charge in [-0.2, -0.15) is 0 Å². The Kier molecular flexibility index (Phi) is 6.54. The molecule has 5 rings (SSSR count). The molecule has 0 radical (unpaired) electrons. The van der Waals surface area contributed by atoms with Crippen LogP contribution < -0.4 is 10.3 Å². The maximum Gasteiger partial charge on any atom is 0.251 e. The van der Waals surface area contributed by atoms with Gasteiger partial charge in [-0.1, -0.05) is 55.3 Å². The molecule has 4 aromatic rings. The molecule has 172 valence electrons. The highest BCUT2D eigenvalue weighted by molar-refractivity contribution is 5.70. The van der Waals surface area contributed by atoms with Crippen molar-refractivity contribution in [2.75, 3.05) is 0 Å². The highest BCUT2D eigenvalue weighted by Crippen LogP contribution is 2.31. The van der Waals surface area contributed by atoms with Crippen LogP contribution in [0, 0.1) is 0 Å². The maximum absolute atomic E-state index is 12.9. The zero-order valence-corrected chi connectivity index (χ0v) is 19.0. The van der Waals surface area contributed by atoms with Crippen LogP contribution in [0.2, 0.25) is 0 Å². The van der Waals surface area contributed by atoms with Gasteiger partial charge in [0.05, 0.1) is 12.1 Å². The van der Waals surface area contributed by atoms with Crippen molar-refractivity contribution in [3.05, 3.63) is 107 Å². The Balaban J connectivity index is 1.33. The molecule has 0 spiro atoms. The largest absolute Gasteiger partial charge is 0.488 e. The molecule has 0 aliphatic heterocycles. The van der Waals surface area contributed by atoms with E-state index in [9.17, 15) is 9.90 Å². The van der Waals surface area contributed by atoms with E-state index in [1.807, 2.05) is 48.7 Å². The summed E-state index contributed by atoms with van der Waals surface area (Å²) in [6, 6.07) is 23.5. The van der Waals surface area contributed by atoms with Gasteiger partial charge < -0.3 is 14.4 Å². The maximum atomic E-state index is 12.9. The molecule has 2 heterocycles. The Morgan fingerprint density at radius 2 is 1.62 bits per heavy atom. The molecule has 0 amide bonds. The van der Waals surface area contributed by atoms with Gasteiger partial charge in [-0.25, -0.2) is 0 Å². The van der Waals surface area contributed by atoms with Gasteiger partial charge in [0.15, 0.2) is 0 Å². The molecule has 1 saturated carbocycles. The molecule has 1 aliphatic rings. The fraction of sp³-hybridized carbons (Fsp3) is 0.241. The number of hydrogen-bond donors (Lipinski definition) is 1. The zero-order valence-electron chi connectivity index (χ0n) is 19.0. The van der Waals surface area contributed by atoms with E-state index < -0.39 is 6.10 Å². The van der Waals surface area contributed by atoms with Gasteiger partial charge in [0.1, 0.15) is 12.4 Å². The summed E-state index contributed by atoms with van der Waals surface area (Å²) < 4.78 is 7.85. The van der Waals surface area contributed by atoms with Gasteiger partial charge in [0.25, 0.3) is 5.56 Å².